The minimum absolute atomic E-state index is 0.385. The van der Waals surface area contributed by atoms with Crippen LogP contribution < -0.4 is 5.32 Å². The van der Waals surface area contributed by atoms with Crippen LogP contribution in [0.1, 0.15) is 42.9 Å². The van der Waals surface area contributed by atoms with Gasteiger partial charge in [-0.3, -0.25) is 9.88 Å². The van der Waals surface area contributed by atoms with E-state index in [1.165, 1.54) is 37.3 Å². The molecule has 1 N–H and O–H groups in total. The Morgan fingerprint density at radius 3 is 3.11 bits per heavy atom. The van der Waals surface area contributed by atoms with Gasteiger partial charge in [-0.15, -0.1) is 0 Å². The number of rotatable bonds is 2. The summed E-state index contributed by atoms with van der Waals surface area (Å²) >= 11 is 2.04. The van der Waals surface area contributed by atoms with Crippen LogP contribution in [0.4, 0.5) is 0 Å². The maximum Gasteiger partial charge on any atom is 0.161 e. The molecule has 4 rings (SSSR count). The van der Waals surface area contributed by atoms with Gasteiger partial charge in [0.2, 0.25) is 0 Å². The van der Waals surface area contributed by atoms with Crippen molar-refractivity contribution in [3.63, 3.8) is 0 Å². The summed E-state index contributed by atoms with van der Waals surface area (Å²) < 4.78 is 2.37. The summed E-state index contributed by atoms with van der Waals surface area (Å²) in [5.74, 6) is 2.50. The number of thioether (sulfide) groups is 1. The molecule has 19 heavy (non-hydrogen) atoms. The topological polar surface area (TPSA) is 42.7 Å². The van der Waals surface area contributed by atoms with Gasteiger partial charge in [-0.1, -0.05) is 0 Å². The third-order valence-electron chi connectivity index (χ3n) is 4.04. The van der Waals surface area contributed by atoms with E-state index in [4.69, 9.17) is 4.98 Å². The molecule has 100 valence electrons. The van der Waals surface area contributed by atoms with Crippen LogP contribution in [0.5, 0.6) is 0 Å². The van der Waals surface area contributed by atoms with Crippen molar-refractivity contribution in [2.45, 2.75) is 37.1 Å². The first-order valence-electron chi connectivity index (χ1n) is 7.11. The van der Waals surface area contributed by atoms with Crippen LogP contribution in [0.15, 0.2) is 18.3 Å². The third-order valence-corrected chi connectivity index (χ3v) is 5.41. The molecule has 2 fully saturated rings. The van der Waals surface area contributed by atoms with Crippen LogP contribution in [0.2, 0.25) is 0 Å². The fourth-order valence-corrected chi connectivity index (χ4v) is 4.42. The van der Waals surface area contributed by atoms with Gasteiger partial charge in [0.05, 0.1) is 11.4 Å². The van der Waals surface area contributed by atoms with Crippen LogP contribution in [0.25, 0.3) is 11.2 Å². The van der Waals surface area contributed by atoms with Crippen LogP contribution in [-0.4, -0.2) is 26.8 Å². The van der Waals surface area contributed by atoms with E-state index in [2.05, 4.69) is 20.9 Å². The first-order valence-corrected chi connectivity index (χ1v) is 8.16. The minimum Gasteiger partial charge on any atom is -0.297 e. The second kappa shape index (κ2) is 4.80. The molecule has 2 aromatic heterocycles. The van der Waals surface area contributed by atoms with E-state index in [0.29, 0.717) is 11.4 Å². The Morgan fingerprint density at radius 2 is 2.32 bits per heavy atom. The second-order valence-electron chi connectivity index (χ2n) is 5.30. The van der Waals surface area contributed by atoms with E-state index >= 15 is 0 Å². The number of fused-ring (bicyclic) bond motifs is 1. The maximum absolute atomic E-state index is 4.88. The van der Waals surface area contributed by atoms with Gasteiger partial charge in [0.25, 0.3) is 0 Å². The van der Waals surface area contributed by atoms with Gasteiger partial charge in [-0.05, 0) is 50.1 Å². The molecule has 0 aliphatic carbocycles. The fraction of sp³-hybridized carbons (Fsp3) is 0.571. The summed E-state index contributed by atoms with van der Waals surface area (Å²) in [6.45, 7) is 1.11. The highest BCUT2D eigenvalue weighted by atomic mass is 32.2. The predicted octanol–water partition coefficient (Wildman–Crippen LogP) is 2.88. The number of hydrogen-bond acceptors (Lipinski definition) is 4. The van der Waals surface area contributed by atoms with E-state index in [1.54, 1.807) is 0 Å². The van der Waals surface area contributed by atoms with Gasteiger partial charge in [-0.2, -0.15) is 11.8 Å². The number of imidazole rings is 1. The Morgan fingerprint density at radius 1 is 1.32 bits per heavy atom. The molecule has 0 aromatic carbocycles. The molecule has 4 nitrogen and oxygen atoms in total. The van der Waals surface area contributed by atoms with Crippen LogP contribution >= 0.6 is 11.8 Å². The summed E-state index contributed by atoms with van der Waals surface area (Å²) in [6.07, 6.45) is 7.25. The van der Waals surface area contributed by atoms with Crippen LogP contribution in [-0.2, 0) is 0 Å². The Hall–Kier alpha value is -1.07. The van der Waals surface area contributed by atoms with Crippen molar-refractivity contribution in [2.24, 2.45) is 0 Å². The molecule has 0 bridgehead atoms. The van der Waals surface area contributed by atoms with E-state index in [9.17, 15) is 0 Å². The van der Waals surface area contributed by atoms with Crippen molar-refractivity contribution >= 4 is 22.9 Å². The maximum atomic E-state index is 4.88. The zero-order chi connectivity index (χ0) is 12.7. The Bertz CT molecular complexity index is 582. The lowest BCUT2D eigenvalue weighted by Gasteiger charge is -2.18. The Kier molecular flexibility index (Phi) is 2.96. The van der Waals surface area contributed by atoms with Gasteiger partial charge in [0.15, 0.2) is 5.65 Å². The highest BCUT2D eigenvalue weighted by Crippen LogP contribution is 2.41. The quantitative estimate of drug-likeness (QED) is 0.914. The zero-order valence-electron chi connectivity index (χ0n) is 10.9. The van der Waals surface area contributed by atoms with Crippen molar-refractivity contribution in [1.29, 1.82) is 0 Å². The van der Waals surface area contributed by atoms with Crippen molar-refractivity contribution in [3.8, 4) is 0 Å². The van der Waals surface area contributed by atoms with Gasteiger partial charge >= 0.3 is 0 Å². The molecule has 2 aliphatic rings. The van der Waals surface area contributed by atoms with Crippen molar-refractivity contribution in [2.75, 3.05) is 12.3 Å². The molecule has 0 amide bonds. The largest absolute Gasteiger partial charge is 0.297 e. The monoisotopic (exact) mass is 274 g/mol. The highest BCUT2D eigenvalue weighted by Gasteiger charge is 2.29. The number of nitrogens with one attached hydrogen (secondary N) is 1. The second-order valence-corrected chi connectivity index (χ2v) is 6.61. The SMILES string of the molecule is c1cnc2c(c1)nc(C1CCCS1)n2C1CCCN1. The first-order chi connectivity index (χ1) is 9.43. The Balaban J connectivity index is 1.87. The van der Waals surface area contributed by atoms with Gasteiger partial charge in [-0.25, -0.2) is 9.97 Å². The minimum atomic E-state index is 0.385. The summed E-state index contributed by atoms with van der Waals surface area (Å²) in [5.41, 5.74) is 2.09. The summed E-state index contributed by atoms with van der Waals surface area (Å²) in [6, 6.07) is 4.06. The molecule has 2 unspecified atom stereocenters. The van der Waals surface area contributed by atoms with Gasteiger partial charge in [0.1, 0.15) is 11.3 Å². The first kappa shape index (κ1) is 11.7. The molecule has 0 saturated carbocycles. The molecular weight excluding hydrogens is 256 g/mol. The number of nitrogens with zero attached hydrogens (tertiary/aromatic N) is 3. The molecule has 4 heterocycles. The number of pyridine rings is 1. The molecule has 2 aromatic rings. The molecule has 2 saturated heterocycles. The number of aromatic nitrogens is 3. The Labute approximate surface area is 117 Å². The van der Waals surface area contributed by atoms with Gasteiger partial charge in [0, 0.05) is 6.20 Å². The standard InChI is InChI=1S/C14H18N4S/c1-4-10-13(16-8-1)18(12-6-2-7-15-12)14(17-10)11-5-3-9-19-11/h1,4,8,11-12,15H,2-3,5-7,9H2. The highest BCUT2D eigenvalue weighted by molar-refractivity contribution is 7.99. The zero-order valence-corrected chi connectivity index (χ0v) is 11.7. The molecule has 0 spiro atoms. The average Bonchev–Trinajstić information content (AvgIpc) is 3.17. The lowest BCUT2D eigenvalue weighted by Crippen LogP contribution is -2.22. The van der Waals surface area contributed by atoms with Crippen molar-refractivity contribution in [1.82, 2.24) is 19.9 Å². The third kappa shape index (κ3) is 1.96. The van der Waals surface area contributed by atoms with Crippen molar-refractivity contribution < 1.29 is 0 Å². The molecule has 2 atom stereocenters. The average molecular weight is 274 g/mol. The van der Waals surface area contributed by atoms with E-state index < -0.39 is 0 Å². The van der Waals surface area contributed by atoms with Gasteiger partial charge < -0.3 is 0 Å². The molecule has 2 aliphatic heterocycles. The van der Waals surface area contributed by atoms with Crippen LogP contribution in [0, 0.1) is 0 Å². The summed E-state index contributed by atoms with van der Waals surface area (Å²) in [4.78, 5) is 9.45. The lowest BCUT2D eigenvalue weighted by atomic mass is 10.2. The van der Waals surface area contributed by atoms with Crippen LogP contribution in [0.3, 0.4) is 0 Å². The number of hydrogen-bond donors (Lipinski definition) is 1. The normalized spacial score (nSPS) is 27.4. The summed E-state index contributed by atoms with van der Waals surface area (Å²) in [7, 11) is 0. The fourth-order valence-electron chi connectivity index (χ4n) is 3.15. The van der Waals surface area contributed by atoms with Crippen molar-refractivity contribution in [3.05, 3.63) is 24.2 Å². The van der Waals surface area contributed by atoms with E-state index in [1.807, 2.05) is 24.0 Å². The smallest absolute Gasteiger partial charge is 0.161 e. The molecular formula is C14H18N4S. The van der Waals surface area contributed by atoms with E-state index in [-0.39, 0.29) is 0 Å². The summed E-state index contributed by atoms with van der Waals surface area (Å²) in [5, 5.41) is 4.14. The predicted molar refractivity (Wildman–Crippen MR) is 78.2 cm³/mol. The molecule has 0 radical (unpaired) electrons. The molecule has 5 heteroatoms. The van der Waals surface area contributed by atoms with E-state index in [0.717, 1.165) is 17.7 Å². The lowest BCUT2D eigenvalue weighted by molar-refractivity contribution is 0.459.